The van der Waals surface area contributed by atoms with Gasteiger partial charge in [0.05, 0.1) is 0 Å². The molecule has 1 aliphatic rings. The number of hydrogen-bond donors (Lipinski definition) is 0. The number of benzene rings is 1. The summed E-state index contributed by atoms with van der Waals surface area (Å²) in [6, 6.07) is 5.41. The summed E-state index contributed by atoms with van der Waals surface area (Å²) in [5.41, 5.74) is 1.16. The molecular weight excluding hydrogens is 221 g/mol. The van der Waals surface area contributed by atoms with Crippen molar-refractivity contribution >= 4 is 6.09 Å². The molecule has 4 heteroatoms. The number of hydrogen-bond acceptors (Lipinski definition) is 2. The highest BCUT2D eigenvalue weighted by atomic mass is 19.1. The third-order valence-electron chi connectivity index (χ3n) is 2.75. The fourth-order valence-electron chi connectivity index (χ4n) is 1.67. The maximum absolute atomic E-state index is 12.7. The summed E-state index contributed by atoms with van der Waals surface area (Å²) in [5, 5.41) is 0. The van der Waals surface area contributed by atoms with E-state index in [0.29, 0.717) is 18.8 Å². The highest BCUT2D eigenvalue weighted by Gasteiger charge is 2.19. The Labute approximate surface area is 99.5 Å². The molecule has 0 unspecified atom stereocenters. The first kappa shape index (κ1) is 11.6. The average Bonchev–Trinajstić information content (AvgIpc) is 2.33. The predicted octanol–water partition coefficient (Wildman–Crippen LogP) is 2.98. The summed E-state index contributed by atoms with van der Waals surface area (Å²) in [5.74, 6) is 0.0138. The second-order valence-electron chi connectivity index (χ2n) is 4.06. The standard InChI is InChI=1S/C13H14FNO2/c1-10-6-8-15(9-7-10)13(16)17-12-4-2-11(14)3-5-12/h2-5H,1,6-9H2. The number of piperidine rings is 1. The van der Waals surface area contributed by atoms with Gasteiger partial charge < -0.3 is 9.64 Å². The van der Waals surface area contributed by atoms with Crippen LogP contribution in [0.4, 0.5) is 9.18 Å². The highest BCUT2D eigenvalue weighted by Crippen LogP contribution is 2.17. The monoisotopic (exact) mass is 235 g/mol. The fourth-order valence-corrected chi connectivity index (χ4v) is 1.67. The molecule has 1 aromatic rings. The summed E-state index contributed by atoms with van der Waals surface area (Å²) in [4.78, 5) is 13.4. The van der Waals surface area contributed by atoms with Crippen LogP contribution in [0.25, 0.3) is 0 Å². The molecule has 0 aromatic heterocycles. The first-order valence-corrected chi connectivity index (χ1v) is 5.54. The molecule has 3 nitrogen and oxygen atoms in total. The summed E-state index contributed by atoms with van der Waals surface area (Å²) in [6.07, 6.45) is 1.25. The van der Waals surface area contributed by atoms with E-state index in [1.807, 2.05) is 0 Å². The molecular formula is C13H14FNO2. The zero-order chi connectivity index (χ0) is 12.3. The van der Waals surface area contributed by atoms with Crippen LogP contribution in [0.1, 0.15) is 12.8 Å². The number of ether oxygens (including phenoxy) is 1. The highest BCUT2D eigenvalue weighted by molar-refractivity contribution is 5.70. The molecule has 0 spiro atoms. The maximum Gasteiger partial charge on any atom is 0.415 e. The number of carbonyl (C=O) groups is 1. The van der Waals surface area contributed by atoms with Gasteiger partial charge in [0.1, 0.15) is 11.6 Å². The van der Waals surface area contributed by atoms with E-state index in [9.17, 15) is 9.18 Å². The van der Waals surface area contributed by atoms with Gasteiger partial charge in [-0.1, -0.05) is 12.2 Å². The fraction of sp³-hybridized carbons (Fsp3) is 0.308. The Hall–Kier alpha value is -1.84. The minimum Gasteiger partial charge on any atom is -0.410 e. The Morgan fingerprint density at radius 2 is 1.82 bits per heavy atom. The van der Waals surface area contributed by atoms with Crippen LogP contribution in [-0.4, -0.2) is 24.1 Å². The molecule has 1 aliphatic heterocycles. The van der Waals surface area contributed by atoms with Gasteiger partial charge in [0.15, 0.2) is 0 Å². The van der Waals surface area contributed by atoms with E-state index in [2.05, 4.69) is 6.58 Å². The van der Waals surface area contributed by atoms with Crippen LogP contribution in [0.15, 0.2) is 36.4 Å². The summed E-state index contributed by atoms with van der Waals surface area (Å²) in [7, 11) is 0. The van der Waals surface area contributed by atoms with Crippen molar-refractivity contribution in [3.63, 3.8) is 0 Å². The summed E-state index contributed by atoms with van der Waals surface area (Å²) in [6.45, 7) is 5.16. The minimum atomic E-state index is -0.385. The van der Waals surface area contributed by atoms with Gasteiger partial charge in [-0.15, -0.1) is 0 Å². The number of nitrogens with zero attached hydrogens (tertiary/aromatic N) is 1. The van der Waals surface area contributed by atoms with Crippen molar-refractivity contribution in [2.75, 3.05) is 13.1 Å². The molecule has 1 heterocycles. The predicted molar refractivity (Wildman–Crippen MR) is 62.4 cm³/mol. The van der Waals surface area contributed by atoms with Gasteiger partial charge in [0.2, 0.25) is 0 Å². The van der Waals surface area contributed by atoms with Crippen LogP contribution in [0, 0.1) is 5.82 Å². The number of amides is 1. The van der Waals surface area contributed by atoms with Crippen LogP contribution in [0.2, 0.25) is 0 Å². The Morgan fingerprint density at radius 1 is 1.24 bits per heavy atom. The zero-order valence-corrected chi connectivity index (χ0v) is 9.49. The van der Waals surface area contributed by atoms with E-state index in [-0.39, 0.29) is 11.9 Å². The third-order valence-corrected chi connectivity index (χ3v) is 2.75. The number of carbonyl (C=O) groups excluding carboxylic acids is 1. The topological polar surface area (TPSA) is 29.5 Å². The Balaban J connectivity index is 1.92. The van der Waals surface area contributed by atoms with Gasteiger partial charge >= 0.3 is 6.09 Å². The van der Waals surface area contributed by atoms with Gasteiger partial charge in [-0.3, -0.25) is 0 Å². The number of likely N-dealkylation sites (tertiary alicyclic amines) is 1. The van der Waals surface area contributed by atoms with E-state index < -0.39 is 0 Å². The smallest absolute Gasteiger partial charge is 0.410 e. The Morgan fingerprint density at radius 3 is 2.41 bits per heavy atom. The van der Waals surface area contributed by atoms with Crippen LogP contribution in [0.3, 0.4) is 0 Å². The van der Waals surface area contributed by atoms with Crippen molar-refractivity contribution < 1.29 is 13.9 Å². The second kappa shape index (κ2) is 4.99. The molecule has 1 aromatic carbocycles. The quantitative estimate of drug-likeness (QED) is 0.700. The lowest BCUT2D eigenvalue weighted by Crippen LogP contribution is -2.38. The third kappa shape index (κ3) is 3.06. The van der Waals surface area contributed by atoms with E-state index in [4.69, 9.17) is 4.74 Å². The van der Waals surface area contributed by atoms with Crippen molar-refractivity contribution in [2.45, 2.75) is 12.8 Å². The summed E-state index contributed by atoms with van der Waals surface area (Å²) >= 11 is 0. The molecule has 1 fully saturated rings. The minimum absolute atomic E-state index is 0.348. The SMILES string of the molecule is C=C1CCN(C(=O)Oc2ccc(F)cc2)CC1. The lowest BCUT2D eigenvalue weighted by Gasteiger charge is -2.26. The summed E-state index contributed by atoms with van der Waals surface area (Å²) < 4.78 is 17.8. The van der Waals surface area contributed by atoms with Gasteiger partial charge in [-0.2, -0.15) is 0 Å². The van der Waals surface area contributed by atoms with Gasteiger partial charge in [0, 0.05) is 13.1 Å². The van der Waals surface area contributed by atoms with Gasteiger partial charge in [-0.25, -0.2) is 9.18 Å². The molecule has 0 saturated carbocycles. The Kier molecular flexibility index (Phi) is 3.42. The van der Waals surface area contributed by atoms with Gasteiger partial charge in [-0.05, 0) is 37.1 Å². The first-order chi connectivity index (χ1) is 8.15. The average molecular weight is 235 g/mol. The molecule has 1 saturated heterocycles. The van der Waals surface area contributed by atoms with Crippen LogP contribution >= 0.6 is 0 Å². The molecule has 2 rings (SSSR count). The zero-order valence-electron chi connectivity index (χ0n) is 9.49. The molecule has 1 amide bonds. The van der Waals surface area contributed by atoms with Crippen molar-refractivity contribution in [1.82, 2.24) is 4.90 Å². The second-order valence-corrected chi connectivity index (χ2v) is 4.06. The van der Waals surface area contributed by atoms with Crippen molar-refractivity contribution in [3.05, 3.63) is 42.2 Å². The largest absolute Gasteiger partial charge is 0.415 e. The number of halogens is 1. The van der Waals surface area contributed by atoms with E-state index in [1.165, 1.54) is 24.3 Å². The molecule has 17 heavy (non-hydrogen) atoms. The van der Waals surface area contributed by atoms with Gasteiger partial charge in [0.25, 0.3) is 0 Å². The molecule has 0 bridgehead atoms. The molecule has 0 N–H and O–H groups in total. The van der Waals surface area contributed by atoms with Crippen LogP contribution < -0.4 is 4.74 Å². The molecule has 0 aliphatic carbocycles. The number of rotatable bonds is 1. The lowest BCUT2D eigenvalue weighted by atomic mass is 10.1. The van der Waals surface area contributed by atoms with E-state index in [0.717, 1.165) is 18.4 Å². The lowest BCUT2D eigenvalue weighted by molar-refractivity contribution is 0.148. The molecule has 0 atom stereocenters. The Bertz CT molecular complexity index is 418. The van der Waals surface area contributed by atoms with Crippen molar-refractivity contribution in [2.24, 2.45) is 0 Å². The first-order valence-electron chi connectivity index (χ1n) is 5.54. The molecule has 0 radical (unpaired) electrons. The van der Waals surface area contributed by atoms with E-state index >= 15 is 0 Å². The van der Waals surface area contributed by atoms with Crippen LogP contribution in [0.5, 0.6) is 5.75 Å². The van der Waals surface area contributed by atoms with Crippen LogP contribution in [-0.2, 0) is 0 Å². The van der Waals surface area contributed by atoms with E-state index in [1.54, 1.807) is 4.90 Å². The normalized spacial score (nSPS) is 15.8. The maximum atomic E-state index is 12.7. The molecule has 90 valence electrons. The van der Waals surface area contributed by atoms with Crippen molar-refractivity contribution in [1.29, 1.82) is 0 Å². The van der Waals surface area contributed by atoms with Crippen molar-refractivity contribution in [3.8, 4) is 5.75 Å².